The Morgan fingerprint density at radius 3 is 2.71 bits per heavy atom. The van der Waals surface area contributed by atoms with Crippen LogP contribution in [0.2, 0.25) is 5.02 Å². The number of Topliss-reactive ketones (excluding diaryl/α,β-unsaturated/α-hetero) is 1. The molecule has 1 aromatic carbocycles. The molecule has 1 N–H and O–H groups in total. The molecule has 0 heterocycles. The van der Waals surface area contributed by atoms with E-state index in [1.54, 1.807) is 12.1 Å². The molecule has 0 amide bonds. The number of aromatic hydroxyl groups is 1. The number of ketones is 1. The summed E-state index contributed by atoms with van der Waals surface area (Å²) in [6, 6.07) is 3.21. The molecule has 0 aromatic heterocycles. The number of halogens is 1. The number of phenols is 1. The monoisotopic (exact) mass is 214 g/mol. The Morgan fingerprint density at radius 2 is 2.21 bits per heavy atom. The summed E-state index contributed by atoms with van der Waals surface area (Å²) in [4.78, 5) is 10.9. The molecule has 0 bridgehead atoms. The predicted octanol–water partition coefficient (Wildman–Crippen LogP) is 2.19. The number of carbonyl (C=O) groups excluding carboxylic acids is 1. The van der Waals surface area contributed by atoms with Crippen molar-refractivity contribution < 1.29 is 14.6 Å². The average molecular weight is 215 g/mol. The van der Waals surface area contributed by atoms with Gasteiger partial charge in [0.05, 0.1) is 12.1 Å². The van der Waals surface area contributed by atoms with E-state index in [0.717, 1.165) is 0 Å². The zero-order chi connectivity index (χ0) is 10.7. The number of carbonyl (C=O) groups is 1. The molecule has 1 aromatic rings. The molecular weight excluding hydrogens is 204 g/mol. The highest BCUT2D eigenvalue weighted by Crippen LogP contribution is 2.36. The summed E-state index contributed by atoms with van der Waals surface area (Å²) in [6.45, 7) is 1.46. The topological polar surface area (TPSA) is 46.5 Å². The maximum atomic E-state index is 10.9. The molecule has 0 aliphatic rings. The molecule has 0 fully saturated rings. The quantitative estimate of drug-likeness (QED) is 0.839. The Bertz CT molecular complexity index is 361. The van der Waals surface area contributed by atoms with E-state index in [4.69, 9.17) is 16.3 Å². The summed E-state index contributed by atoms with van der Waals surface area (Å²) in [5.74, 6) is 0.130. The van der Waals surface area contributed by atoms with Crippen molar-refractivity contribution in [2.75, 3.05) is 7.11 Å². The van der Waals surface area contributed by atoms with Gasteiger partial charge < -0.3 is 9.84 Å². The van der Waals surface area contributed by atoms with Gasteiger partial charge in [0.2, 0.25) is 0 Å². The van der Waals surface area contributed by atoms with E-state index < -0.39 is 0 Å². The lowest BCUT2D eigenvalue weighted by Crippen LogP contribution is -1.98. The summed E-state index contributed by atoms with van der Waals surface area (Å²) >= 11 is 5.77. The van der Waals surface area contributed by atoms with Gasteiger partial charge in [0.1, 0.15) is 5.78 Å². The lowest BCUT2D eigenvalue weighted by Gasteiger charge is -2.09. The largest absolute Gasteiger partial charge is 0.504 e. The van der Waals surface area contributed by atoms with Crippen LogP contribution in [0.1, 0.15) is 12.5 Å². The van der Waals surface area contributed by atoms with E-state index in [9.17, 15) is 9.90 Å². The second-order valence-electron chi connectivity index (χ2n) is 2.97. The molecule has 0 saturated heterocycles. The third-order valence-electron chi connectivity index (χ3n) is 1.81. The first-order valence-corrected chi connectivity index (χ1v) is 4.47. The van der Waals surface area contributed by atoms with Crippen molar-refractivity contribution in [3.8, 4) is 11.5 Å². The lowest BCUT2D eigenvalue weighted by atomic mass is 10.1. The molecule has 0 saturated carbocycles. The Labute approximate surface area is 87.3 Å². The molecule has 4 heteroatoms. The van der Waals surface area contributed by atoms with Gasteiger partial charge in [0.15, 0.2) is 11.5 Å². The summed E-state index contributed by atoms with van der Waals surface area (Å²) in [6.07, 6.45) is 0.180. The second kappa shape index (κ2) is 4.33. The molecule has 76 valence electrons. The fourth-order valence-corrected chi connectivity index (χ4v) is 1.42. The fourth-order valence-electron chi connectivity index (χ4n) is 1.19. The van der Waals surface area contributed by atoms with Gasteiger partial charge in [-0.15, -0.1) is 0 Å². The van der Waals surface area contributed by atoms with Crippen LogP contribution in [0.3, 0.4) is 0 Å². The van der Waals surface area contributed by atoms with E-state index in [0.29, 0.717) is 10.6 Å². The number of ether oxygens (including phenoxy) is 1. The van der Waals surface area contributed by atoms with E-state index in [2.05, 4.69) is 0 Å². The van der Waals surface area contributed by atoms with Gasteiger partial charge in [-0.1, -0.05) is 17.7 Å². The van der Waals surface area contributed by atoms with Crippen LogP contribution in [0.5, 0.6) is 11.5 Å². The number of hydrogen-bond donors (Lipinski definition) is 1. The van der Waals surface area contributed by atoms with Gasteiger partial charge in [-0.05, 0) is 13.0 Å². The summed E-state index contributed by atoms with van der Waals surface area (Å²) in [5.41, 5.74) is 0.527. The normalized spacial score (nSPS) is 9.93. The van der Waals surface area contributed by atoms with E-state index >= 15 is 0 Å². The van der Waals surface area contributed by atoms with Crippen molar-refractivity contribution in [1.82, 2.24) is 0 Å². The first-order valence-electron chi connectivity index (χ1n) is 4.10. The maximum absolute atomic E-state index is 10.9. The maximum Gasteiger partial charge on any atom is 0.179 e. The Balaban J connectivity index is 3.14. The van der Waals surface area contributed by atoms with Crippen molar-refractivity contribution in [3.05, 3.63) is 22.7 Å². The van der Waals surface area contributed by atoms with Crippen LogP contribution in [0.15, 0.2) is 12.1 Å². The van der Waals surface area contributed by atoms with E-state index in [1.807, 2.05) is 0 Å². The minimum absolute atomic E-state index is 0.0234. The smallest absolute Gasteiger partial charge is 0.179 e. The first kappa shape index (κ1) is 10.9. The number of benzene rings is 1. The third kappa shape index (κ3) is 2.17. The molecule has 1 rings (SSSR count). The van der Waals surface area contributed by atoms with Crippen LogP contribution >= 0.6 is 11.6 Å². The zero-order valence-electron chi connectivity index (χ0n) is 8.00. The van der Waals surface area contributed by atoms with Gasteiger partial charge in [-0.3, -0.25) is 4.79 Å². The van der Waals surface area contributed by atoms with Crippen molar-refractivity contribution in [1.29, 1.82) is 0 Å². The minimum Gasteiger partial charge on any atom is -0.504 e. The van der Waals surface area contributed by atoms with Gasteiger partial charge in [-0.2, -0.15) is 0 Å². The molecule has 0 spiro atoms. The molecule has 3 nitrogen and oxygen atoms in total. The summed E-state index contributed by atoms with van der Waals surface area (Å²) < 4.78 is 4.90. The average Bonchev–Trinajstić information content (AvgIpc) is 2.10. The van der Waals surface area contributed by atoms with Crippen LogP contribution in [0, 0.1) is 0 Å². The van der Waals surface area contributed by atoms with Crippen molar-refractivity contribution in [2.24, 2.45) is 0 Å². The fraction of sp³-hybridized carbons (Fsp3) is 0.300. The van der Waals surface area contributed by atoms with Gasteiger partial charge in [0.25, 0.3) is 0 Å². The van der Waals surface area contributed by atoms with Crippen LogP contribution < -0.4 is 4.74 Å². The molecule has 0 atom stereocenters. The number of phenolic OH excluding ortho intramolecular Hbond substituents is 1. The summed E-state index contributed by atoms with van der Waals surface area (Å²) in [7, 11) is 1.42. The molecule has 0 unspecified atom stereocenters. The predicted molar refractivity (Wildman–Crippen MR) is 54.1 cm³/mol. The van der Waals surface area contributed by atoms with Crippen LogP contribution in [-0.4, -0.2) is 18.0 Å². The standard InChI is InChI=1S/C10H11ClO3/c1-6(12)5-7-3-4-8(11)10(14-2)9(7)13/h3-4,13H,5H2,1-2H3. The van der Waals surface area contributed by atoms with Crippen LogP contribution in [-0.2, 0) is 11.2 Å². The van der Waals surface area contributed by atoms with E-state index in [-0.39, 0.29) is 23.7 Å². The van der Waals surface area contributed by atoms with Gasteiger partial charge in [0, 0.05) is 12.0 Å². The number of hydrogen-bond acceptors (Lipinski definition) is 3. The SMILES string of the molecule is COc1c(Cl)ccc(CC(C)=O)c1O. The summed E-state index contributed by atoms with van der Waals surface area (Å²) in [5, 5.41) is 9.99. The van der Waals surface area contributed by atoms with Crippen molar-refractivity contribution >= 4 is 17.4 Å². The Morgan fingerprint density at radius 1 is 1.57 bits per heavy atom. The Hall–Kier alpha value is -1.22. The third-order valence-corrected chi connectivity index (χ3v) is 2.11. The first-order chi connectivity index (χ1) is 6.56. The zero-order valence-corrected chi connectivity index (χ0v) is 8.76. The molecule has 0 radical (unpaired) electrons. The van der Waals surface area contributed by atoms with Crippen molar-refractivity contribution in [3.63, 3.8) is 0 Å². The molecule has 0 aliphatic heterocycles. The Kier molecular flexibility index (Phi) is 3.36. The second-order valence-corrected chi connectivity index (χ2v) is 3.37. The molecule has 14 heavy (non-hydrogen) atoms. The lowest BCUT2D eigenvalue weighted by molar-refractivity contribution is -0.116. The number of rotatable bonds is 3. The van der Waals surface area contributed by atoms with E-state index in [1.165, 1.54) is 14.0 Å². The highest BCUT2D eigenvalue weighted by Gasteiger charge is 2.12. The highest BCUT2D eigenvalue weighted by atomic mass is 35.5. The highest BCUT2D eigenvalue weighted by molar-refractivity contribution is 6.32. The molecular formula is C10H11ClO3. The van der Waals surface area contributed by atoms with Crippen LogP contribution in [0.4, 0.5) is 0 Å². The minimum atomic E-state index is -0.0600. The molecule has 0 aliphatic carbocycles. The van der Waals surface area contributed by atoms with Gasteiger partial charge in [-0.25, -0.2) is 0 Å². The number of methoxy groups -OCH3 is 1. The van der Waals surface area contributed by atoms with Gasteiger partial charge >= 0.3 is 0 Å². The van der Waals surface area contributed by atoms with Crippen LogP contribution in [0.25, 0.3) is 0 Å². The van der Waals surface area contributed by atoms with Crippen molar-refractivity contribution in [2.45, 2.75) is 13.3 Å².